The molecule has 0 aromatic rings. The predicted molar refractivity (Wildman–Crippen MR) is 223 cm³/mol. The first-order valence-corrected chi connectivity index (χ1v) is 23.1. The van der Waals surface area contributed by atoms with Gasteiger partial charge in [-0.25, -0.2) is 9.59 Å². The van der Waals surface area contributed by atoms with Crippen LogP contribution in [0.3, 0.4) is 0 Å². The molecule has 4 N–H and O–H groups in total. The number of esters is 2. The molecule has 0 aliphatic carbocycles. The van der Waals surface area contributed by atoms with Gasteiger partial charge >= 0.3 is 11.9 Å². The molecule has 2 unspecified atom stereocenters. The van der Waals surface area contributed by atoms with Gasteiger partial charge in [-0.15, -0.1) is 0 Å². The van der Waals surface area contributed by atoms with Crippen LogP contribution < -0.4 is 0 Å². The van der Waals surface area contributed by atoms with Gasteiger partial charge in [-0.3, -0.25) is 9.59 Å². The maximum atomic E-state index is 12.7. The number of ether oxygens (including phenoxy) is 1. The van der Waals surface area contributed by atoms with Gasteiger partial charge in [-0.05, 0) is 12.8 Å². The van der Waals surface area contributed by atoms with Gasteiger partial charge in [-0.1, -0.05) is 219 Å². The second kappa shape index (κ2) is 36.6. The Bertz CT molecular complexity index is 880. The van der Waals surface area contributed by atoms with Crippen LogP contribution >= 0.6 is 0 Å². The van der Waals surface area contributed by atoms with Crippen LogP contribution in [-0.4, -0.2) is 68.3 Å². The Morgan fingerprint density at radius 3 is 0.709 bits per heavy atom. The maximum absolute atomic E-state index is 12.7. The predicted octanol–water partition coefficient (Wildman–Crippen LogP) is 10.7. The number of aliphatic hydroxyl groups is 4. The van der Waals surface area contributed by atoms with E-state index in [1.54, 1.807) is 0 Å². The number of hydrogen-bond acceptors (Lipinski definition) is 9. The lowest BCUT2D eigenvalue weighted by molar-refractivity contribution is -0.190. The lowest BCUT2D eigenvalue weighted by Crippen LogP contribution is -2.56. The lowest BCUT2D eigenvalue weighted by Gasteiger charge is -2.25. The van der Waals surface area contributed by atoms with Gasteiger partial charge in [-0.2, -0.15) is 0 Å². The molecule has 0 aliphatic rings. The second-order valence-electron chi connectivity index (χ2n) is 16.4. The monoisotopic (exact) mass is 783 g/mol. The van der Waals surface area contributed by atoms with E-state index >= 15 is 0 Å². The summed E-state index contributed by atoms with van der Waals surface area (Å²) in [6.07, 6.45) is 39.4. The second-order valence-corrected chi connectivity index (χ2v) is 16.4. The van der Waals surface area contributed by atoms with Crippen LogP contribution in [0.25, 0.3) is 0 Å². The summed E-state index contributed by atoms with van der Waals surface area (Å²) in [6, 6.07) is 0. The molecule has 0 spiro atoms. The Balaban J connectivity index is 4.16. The quantitative estimate of drug-likeness (QED) is 0.0269. The average Bonchev–Trinajstić information content (AvgIpc) is 3.19. The van der Waals surface area contributed by atoms with Crippen LogP contribution in [0, 0.1) is 0 Å². The zero-order chi connectivity index (χ0) is 40.9. The van der Waals surface area contributed by atoms with Crippen molar-refractivity contribution >= 4 is 23.5 Å². The molecular formula is C46H86O9. The summed E-state index contributed by atoms with van der Waals surface area (Å²) in [6.45, 7) is 1.86. The highest BCUT2D eigenvalue weighted by molar-refractivity contribution is 6.14. The van der Waals surface area contributed by atoms with E-state index in [-0.39, 0.29) is 12.8 Å². The van der Waals surface area contributed by atoms with E-state index in [1.807, 2.05) is 0 Å². The topological polar surface area (TPSA) is 158 Å². The Labute approximate surface area is 336 Å². The van der Waals surface area contributed by atoms with Crippen molar-refractivity contribution < 1.29 is 44.3 Å². The number of carbonyl (C=O) groups excluding carboxylic acids is 4. The molecule has 0 aliphatic heterocycles. The van der Waals surface area contributed by atoms with E-state index in [9.17, 15) is 39.6 Å². The van der Waals surface area contributed by atoms with Gasteiger partial charge in [0.25, 0.3) is 0 Å². The number of hydrogen-bond donors (Lipinski definition) is 4. The molecule has 9 heteroatoms. The van der Waals surface area contributed by atoms with Crippen molar-refractivity contribution in [3.05, 3.63) is 0 Å². The molecule has 0 bridgehead atoms. The minimum Gasteiger partial charge on any atom is -0.392 e. The maximum Gasteiger partial charge on any atom is 0.356 e. The first kappa shape index (κ1) is 53.3. The van der Waals surface area contributed by atoms with Crippen LogP contribution in [0.15, 0.2) is 0 Å². The van der Waals surface area contributed by atoms with E-state index in [2.05, 4.69) is 18.6 Å². The summed E-state index contributed by atoms with van der Waals surface area (Å²) in [5, 5.41) is 40.7. The summed E-state index contributed by atoms with van der Waals surface area (Å²) in [4.78, 5) is 50.8. The van der Waals surface area contributed by atoms with Crippen LogP contribution in [0.2, 0.25) is 0 Å². The zero-order valence-electron chi connectivity index (χ0n) is 35.7. The van der Waals surface area contributed by atoms with Crippen molar-refractivity contribution in [1.82, 2.24) is 0 Å². The Morgan fingerprint density at radius 1 is 0.345 bits per heavy atom. The Kier molecular flexibility index (Phi) is 35.5. The first-order chi connectivity index (χ1) is 26.6. The van der Waals surface area contributed by atoms with Gasteiger partial charge in [0.2, 0.25) is 11.2 Å². The average molecular weight is 783 g/mol. The van der Waals surface area contributed by atoms with E-state index in [0.29, 0.717) is 25.7 Å². The van der Waals surface area contributed by atoms with Gasteiger partial charge in [0, 0.05) is 12.8 Å². The summed E-state index contributed by atoms with van der Waals surface area (Å²) < 4.78 is 4.54. The Hall–Kier alpha value is -1.68. The molecule has 2 atom stereocenters. The molecule has 0 aromatic heterocycles. The fraction of sp³-hybridized carbons (Fsp3) is 0.913. The van der Waals surface area contributed by atoms with Crippen molar-refractivity contribution in [3.63, 3.8) is 0 Å². The van der Waals surface area contributed by atoms with Crippen molar-refractivity contribution in [2.75, 3.05) is 13.2 Å². The molecule has 0 heterocycles. The summed E-state index contributed by atoms with van der Waals surface area (Å²) in [5.74, 6) is -5.55. The van der Waals surface area contributed by atoms with Gasteiger partial charge in [0.05, 0.1) is 13.2 Å². The highest BCUT2D eigenvalue weighted by Crippen LogP contribution is 2.21. The molecule has 9 nitrogen and oxygen atoms in total. The summed E-state index contributed by atoms with van der Waals surface area (Å²) >= 11 is 0. The standard InChI is InChI=1S/C46H86O9/c1-3-5-7-9-11-13-15-17-19-21-23-25-27-29-31-33-35-37-41(49)45(53,39-47)43(51)55-44(52)46(54,40-48)42(50)38-36-34-32-30-28-26-24-22-20-18-16-14-12-10-8-6-4-2/h47-48,53-54H,3-40H2,1-2H3. The van der Waals surface area contributed by atoms with Crippen molar-refractivity contribution in [2.24, 2.45) is 0 Å². The molecule has 0 radical (unpaired) electrons. The molecule has 55 heavy (non-hydrogen) atoms. The first-order valence-electron chi connectivity index (χ1n) is 23.1. The highest BCUT2D eigenvalue weighted by atomic mass is 16.6. The number of unbranched alkanes of at least 4 members (excludes halogenated alkanes) is 32. The van der Waals surface area contributed by atoms with Crippen LogP contribution in [-0.2, 0) is 23.9 Å². The normalized spacial score (nSPS) is 13.7. The molecule has 0 aromatic carbocycles. The van der Waals surface area contributed by atoms with Crippen molar-refractivity contribution in [1.29, 1.82) is 0 Å². The minimum absolute atomic E-state index is 0.207. The third kappa shape index (κ3) is 26.8. The number of rotatable bonds is 42. The molecule has 0 fully saturated rings. The number of Topliss-reactive ketones (excluding diaryl/α,β-unsaturated/α-hetero) is 2. The van der Waals surface area contributed by atoms with Crippen molar-refractivity contribution in [2.45, 2.75) is 256 Å². The van der Waals surface area contributed by atoms with E-state index in [0.717, 1.165) is 38.5 Å². The molecule has 0 saturated carbocycles. The molecule has 0 rings (SSSR count). The molecular weight excluding hydrogens is 696 g/mol. The van der Waals surface area contributed by atoms with Crippen molar-refractivity contribution in [3.8, 4) is 0 Å². The van der Waals surface area contributed by atoms with Crippen LogP contribution in [0.5, 0.6) is 0 Å². The van der Waals surface area contributed by atoms with Gasteiger partial charge in [0.15, 0.2) is 11.6 Å². The zero-order valence-corrected chi connectivity index (χ0v) is 35.7. The fourth-order valence-electron chi connectivity index (χ4n) is 7.22. The SMILES string of the molecule is CCCCCCCCCCCCCCCCCCCC(=O)C(O)(CO)C(=O)OC(=O)C(O)(CO)C(=O)CCCCCCCCCCCCCCCCCCC. The minimum atomic E-state index is -3.00. The third-order valence-electron chi connectivity index (χ3n) is 11.3. The van der Waals surface area contributed by atoms with Gasteiger partial charge < -0.3 is 25.2 Å². The third-order valence-corrected chi connectivity index (χ3v) is 11.3. The smallest absolute Gasteiger partial charge is 0.356 e. The number of aliphatic hydroxyl groups excluding tert-OH is 2. The van der Waals surface area contributed by atoms with E-state index in [1.165, 1.54) is 154 Å². The highest BCUT2D eigenvalue weighted by Gasteiger charge is 2.50. The number of ketones is 2. The Morgan fingerprint density at radius 2 is 0.527 bits per heavy atom. The van der Waals surface area contributed by atoms with Crippen LogP contribution in [0.4, 0.5) is 0 Å². The largest absolute Gasteiger partial charge is 0.392 e. The van der Waals surface area contributed by atoms with Crippen LogP contribution in [0.1, 0.15) is 245 Å². The summed E-state index contributed by atoms with van der Waals surface area (Å²) in [5.41, 5.74) is -6.00. The molecule has 0 saturated heterocycles. The molecule has 0 amide bonds. The summed E-state index contributed by atoms with van der Waals surface area (Å²) in [7, 11) is 0. The fourth-order valence-corrected chi connectivity index (χ4v) is 7.22. The van der Waals surface area contributed by atoms with E-state index < -0.39 is 47.9 Å². The van der Waals surface area contributed by atoms with E-state index in [4.69, 9.17) is 0 Å². The lowest BCUT2D eigenvalue weighted by atomic mass is 9.93. The number of carbonyl (C=O) groups is 4. The van der Waals surface area contributed by atoms with Gasteiger partial charge in [0.1, 0.15) is 0 Å². The molecule has 324 valence electrons.